The van der Waals surface area contributed by atoms with E-state index >= 15 is 0 Å². The summed E-state index contributed by atoms with van der Waals surface area (Å²) in [5.74, 6) is -3.49. The Morgan fingerprint density at radius 3 is 2.20 bits per heavy atom. The van der Waals surface area contributed by atoms with Crippen molar-refractivity contribution < 1.29 is 22.2 Å². The Labute approximate surface area is 115 Å². The van der Waals surface area contributed by atoms with Crippen molar-refractivity contribution in [2.75, 3.05) is 5.75 Å². The zero-order valence-corrected chi connectivity index (χ0v) is 10.9. The van der Waals surface area contributed by atoms with Crippen molar-refractivity contribution in [3.63, 3.8) is 0 Å². The number of Topliss-reactive ketones (excluding diaryl/α,β-unsaturated/α-hetero) is 1. The number of hydrogen-bond acceptors (Lipinski definition) is 2. The third-order valence-corrected chi connectivity index (χ3v) is 3.89. The summed E-state index contributed by atoms with van der Waals surface area (Å²) in [6.07, 6.45) is 0. The average Bonchev–Trinajstić information content (AvgIpc) is 2.42. The van der Waals surface area contributed by atoms with Gasteiger partial charge in [0.2, 0.25) is 0 Å². The van der Waals surface area contributed by atoms with Gasteiger partial charge in [-0.05, 0) is 42.5 Å². The molecule has 0 aromatic heterocycles. The van der Waals surface area contributed by atoms with Crippen molar-refractivity contribution in [1.29, 1.82) is 0 Å². The SMILES string of the molecule is O=C(CS(=O)c1ccc(F)c(F)c1)c1ccc(F)cc1. The molecule has 20 heavy (non-hydrogen) atoms. The van der Waals surface area contributed by atoms with Gasteiger partial charge in [0, 0.05) is 10.5 Å². The smallest absolute Gasteiger partial charge is 0.175 e. The van der Waals surface area contributed by atoms with Crippen LogP contribution in [0.2, 0.25) is 0 Å². The van der Waals surface area contributed by atoms with Crippen LogP contribution in [0.5, 0.6) is 0 Å². The molecule has 0 fully saturated rings. The van der Waals surface area contributed by atoms with E-state index < -0.39 is 34.0 Å². The van der Waals surface area contributed by atoms with E-state index in [4.69, 9.17) is 0 Å². The molecule has 0 saturated carbocycles. The Hall–Kier alpha value is -1.95. The van der Waals surface area contributed by atoms with Gasteiger partial charge in [-0.3, -0.25) is 9.00 Å². The molecule has 104 valence electrons. The highest BCUT2D eigenvalue weighted by Gasteiger charge is 2.14. The lowest BCUT2D eigenvalue weighted by atomic mass is 10.1. The Morgan fingerprint density at radius 1 is 0.950 bits per heavy atom. The number of rotatable bonds is 4. The zero-order valence-electron chi connectivity index (χ0n) is 10.1. The lowest BCUT2D eigenvalue weighted by molar-refractivity contribution is 0.102. The Morgan fingerprint density at radius 2 is 1.60 bits per heavy atom. The first kappa shape index (κ1) is 14.5. The van der Waals surface area contributed by atoms with Crippen LogP contribution in [0.25, 0.3) is 0 Å². The third-order valence-electron chi connectivity index (χ3n) is 2.58. The molecule has 2 rings (SSSR count). The number of carbonyl (C=O) groups is 1. The van der Waals surface area contributed by atoms with Crippen molar-refractivity contribution in [2.24, 2.45) is 0 Å². The number of ketones is 1. The van der Waals surface area contributed by atoms with Crippen molar-refractivity contribution in [1.82, 2.24) is 0 Å². The van der Waals surface area contributed by atoms with Crippen molar-refractivity contribution in [2.45, 2.75) is 4.90 Å². The molecular weight excluding hydrogens is 289 g/mol. The molecule has 6 heteroatoms. The lowest BCUT2D eigenvalue weighted by Gasteiger charge is -2.03. The highest BCUT2D eigenvalue weighted by molar-refractivity contribution is 7.85. The lowest BCUT2D eigenvalue weighted by Crippen LogP contribution is -2.11. The fourth-order valence-electron chi connectivity index (χ4n) is 1.54. The molecule has 0 bridgehead atoms. The summed E-state index contributed by atoms with van der Waals surface area (Å²) in [5.41, 5.74) is 0.210. The normalized spacial score (nSPS) is 12.2. The van der Waals surface area contributed by atoms with E-state index in [2.05, 4.69) is 0 Å². The third kappa shape index (κ3) is 3.33. The fraction of sp³-hybridized carbons (Fsp3) is 0.0714. The minimum atomic E-state index is -1.79. The molecule has 0 heterocycles. The number of benzene rings is 2. The summed E-state index contributed by atoms with van der Waals surface area (Å²) in [5, 5.41) is 0. The molecule has 2 aromatic rings. The first-order valence-electron chi connectivity index (χ1n) is 5.59. The van der Waals surface area contributed by atoms with E-state index in [0.717, 1.165) is 30.3 Å². The van der Waals surface area contributed by atoms with Gasteiger partial charge in [0.25, 0.3) is 0 Å². The highest BCUT2D eigenvalue weighted by atomic mass is 32.2. The summed E-state index contributed by atoms with van der Waals surface area (Å²) < 4.78 is 50.4. The molecule has 1 unspecified atom stereocenters. The van der Waals surface area contributed by atoms with Crippen LogP contribution in [0.3, 0.4) is 0 Å². The Kier molecular flexibility index (Phi) is 4.34. The molecule has 2 nitrogen and oxygen atoms in total. The molecule has 0 spiro atoms. The second-order valence-electron chi connectivity index (χ2n) is 4.00. The van der Waals surface area contributed by atoms with E-state index in [1.165, 1.54) is 12.1 Å². The van der Waals surface area contributed by atoms with Gasteiger partial charge >= 0.3 is 0 Å². The molecule has 0 saturated heterocycles. The largest absolute Gasteiger partial charge is 0.293 e. The van der Waals surface area contributed by atoms with Gasteiger partial charge in [0.1, 0.15) is 5.82 Å². The van der Waals surface area contributed by atoms with Gasteiger partial charge in [-0.1, -0.05) is 0 Å². The van der Waals surface area contributed by atoms with Crippen molar-refractivity contribution >= 4 is 16.6 Å². The van der Waals surface area contributed by atoms with Crippen molar-refractivity contribution in [3.8, 4) is 0 Å². The van der Waals surface area contributed by atoms with Gasteiger partial charge in [-0.2, -0.15) is 0 Å². The van der Waals surface area contributed by atoms with Crippen LogP contribution in [0.1, 0.15) is 10.4 Å². The second kappa shape index (κ2) is 6.00. The second-order valence-corrected chi connectivity index (χ2v) is 5.45. The van der Waals surface area contributed by atoms with E-state index in [9.17, 15) is 22.2 Å². The van der Waals surface area contributed by atoms with E-state index in [1.54, 1.807) is 0 Å². The molecule has 0 N–H and O–H groups in total. The van der Waals surface area contributed by atoms with Gasteiger partial charge in [-0.25, -0.2) is 13.2 Å². The molecule has 0 aliphatic rings. The monoisotopic (exact) mass is 298 g/mol. The maximum Gasteiger partial charge on any atom is 0.175 e. The van der Waals surface area contributed by atoms with Crippen LogP contribution >= 0.6 is 0 Å². The first-order chi connectivity index (χ1) is 9.47. The van der Waals surface area contributed by atoms with Crippen LogP contribution < -0.4 is 0 Å². The fourth-order valence-corrected chi connectivity index (χ4v) is 2.57. The maximum absolute atomic E-state index is 13.0. The minimum absolute atomic E-state index is 0.0272. The van der Waals surface area contributed by atoms with Crippen LogP contribution in [0, 0.1) is 17.5 Å². The minimum Gasteiger partial charge on any atom is -0.293 e. The van der Waals surface area contributed by atoms with Gasteiger partial charge < -0.3 is 0 Å². The number of carbonyl (C=O) groups excluding carboxylic acids is 1. The van der Waals surface area contributed by atoms with Crippen LogP contribution in [0.15, 0.2) is 47.4 Å². The molecule has 0 amide bonds. The van der Waals surface area contributed by atoms with E-state index in [1.807, 2.05) is 0 Å². The zero-order chi connectivity index (χ0) is 14.7. The summed E-state index contributed by atoms with van der Waals surface area (Å²) in [6, 6.07) is 7.60. The summed E-state index contributed by atoms with van der Waals surface area (Å²) >= 11 is 0. The van der Waals surface area contributed by atoms with Crippen LogP contribution in [-0.4, -0.2) is 15.7 Å². The molecule has 0 aliphatic carbocycles. The predicted octanol–water partition coefficient (Wildman–Crippen LogP) is 3.09. The summed E-state index contributed by atoms with van der Waals surface area (Å²) in [7, 11) is -1.79. The standard InChI is InChI=1S/C14H9F3O2S/c15-10-3-1-9(2-4-10)14(18)8-20(19)11-5-6-12(16)13(17)7-11/h1-7H,8H2. The highest BCUT2D eigenvalue weighted by Crippen LogP contribution is 2.14. The predicted molar refractivity (Wildman–Crippen MR) is 68.4 cm³/mol. The molecule has 2 aromatic carbocycles. The molecular formula is C14H9F3O2S. The Bertz CT molecular complexity index is 669. The topological polar surface area (TPSA) is 34.1 Å². The van der Waals surface area contributed by atoms with Crippen LogP contribution in [-0.2, 0) is 10.8 Å². The van der Waals surface area contributed by atoms with Gasteiger partial charge in [0.05, 0.1) is 16.6 Å². The van der Waals surface area contributed by atoms with Gasteiger partial charge in [-0.15, -0.1) is 0 Å². The van der Waals surface area contributed by atoms with Gasteiger partial charge in [0.15, 0.2) is 17.4 Å². The quantitative estimate of drug-likeness (QED) is 0.813. The Balaban J connectivity index is 2.13. The average molecular weight is 298 g/mol. The first-order valence-corrected chi connectivity index (χ1v) is 6.91. The molecule has 0 radical (unpaired) electrons. The summed E-state index contributed by atoms with van der Waals surface area (Å²) in [6.45, 7) is 0. The summed E-state index contributed by atoms with van der Waals surface area (Å²) in [4.78, 5) is 11.8. The molecule has 1 atom stereocenters. The van der Waals surface area contributed by atoms with E-state index in [0.29, 0.717) is 0 Å². The van der Waals surface area contributed by atoms with Crippen LogP contribution in [0.4, 0.5) is 13.2 Å². The number of hydrogen-bond donors (Lipinski definition) is 0. The molecule has 0 aliphatic heterocycles. The number of halogens is 3. The van der Waals surface area contributed by atoms with Crippen molar-refractivity contribution in [3.05, 3.63) is 65.5 Å². The van der Waals surface area contributed by atoms with E-state index in [-0.39, 0.29) is 16.2 Å². The maximum atomic E-state index is 13.0.